The van der Waals surface area contributed by atoms with Crippen LogP contribution >= 0.6 is 0 Å². The molecule has 2 aromatic carbocycles. The van der Waals surface area contributed by atoms with Crippen molar-refractivity contribution in [2.24, 2.45) is 0 Å². The summed E-state index contributed by atoms with van der Waals surface area (Å²) in [7, 11) is 0. The number of halogens is 1. The van der Waals surface area contributed by atoms with Gasteiger partial charge >= 0.3 is 5.97 Å². The van der Waals surface area contributed by atoms with Crippen LogP contribution in [-0.2, 0) is 12.5 Å². The molecule has 10 nitrogen and oxygen atoms in total. The Morgan fingerprint density at radius 3 is 2.09 bits per heavy atom. The number of amides is 2. The highest BCUT2D eigenvalue weighted by atomic mass is 19.1. The van der Waals surface area contributed by atoms with E-state index in [1.807, 2.05) is 5.32 Å². The number of aromatic nitrogens is 2. The molecule has 0 unspecified atom stereocenters. The largest absolute Gasteiger partial charge is 0.478 e. The second-order valence-electron chi connectivity index (χ2n) is 6.61. The molecule has 0 aliphatic heterocycles. The summed E-state index contributed by atoms with van der Waals surface area (Å²) in [6, 6.07) is 11.1. The lowest BCUT2D eigenvalue weighted by molar-refractivity contribution is -0.185. The lowest BCUT2D eigenvalue weighted by atomic mass is 10.1. The van der Waals surface area contributed by atoms with Gasteiger partial charge in [-0.1, -0.05) is 24.3 Å². The SMILES string of the molecule is O=C(O)c1ccc(C(O)(O)NC(=O)c2cc(C(=O)NCc3ccc(F)cc3)ncn2)cc1. The molecule has 2 amide bonds. The molecule has 0 saturated heterocycles. The van der Waals surface area contributed by atoms with Gasteiger partial charge in [-0.05, 0) is 29.8 Å². The molecule has 0 atom stereocenters. The molecule has 0 saturated carbocycles. The van der Waals surface area contributed by atoms with Crippen LogP contribution < -0.4 is 10.6 Å². The summed E-state index contributed by atoms with van der Waals surface area (Å²) in [6.07, 6.45) is 0.958. The first-order valence-corrected chi connectivity index (χ1v) is 9.11. The number of carbonyl (C=O) groups is 3. The number of rotatable bonds is 7. The average Bonchev–Trinajstić information content (AvgIpc) is 2.78. The molecule has 3 aromatic rings. The lowest BCUT2D eigenvalue weighted by Crippen LogP contribution is -2.46. The molecule has 0 aliphatic carbocycles. The Labute approximate surface area is 180 Å². The number of nitrogens with zero attached hydrogens (tertiary/aromatic N) is 2. The number of carboxylic acids is 1. The summed E-state index contributed by atoms with van der Waals surface area (Å²) in [5, 5.41) is 33.8. The maximum absolute atomic E-state index is 12.9. The van der Waals surface area contributed by atoms with Crippen LogP contribution in [0.2, 0.25) is 0 Å². The van der Waals surface area contributed by atoms with E-state index in [1.54, 1.807) is 0 Å². The van der Waals surface area contributed by atoms with Crippen molar-refractivity contribution in [3.8, 4) is 0 Å². The van der Waals surface area contributed by atoms with Crippen LogP contribution in [0.15, 0.2) is 60.9 Å². The van der Waals surface area contributed by atoms with Gasteiger partial charge in [0.2, 0.25) is 0 Å². The third-order valence-corrected chi connectivity index (χ3v) is 4.32. The first kappa shape index (κ1) is 22.5. The van der Waals surface area contributed by atoms with Crippen LogP contribution in [0.25, 0.3) is 0 Å². The summed E-state index contributed by atoms with van der Waals surface area (Å²) in [5.74, 6) is -6.09. The number of hydrogen-bond acceptors (Lipinski definition) is 7. The van der Waals surface area contributed by atoms with Crippen LogP contribution in [0.4, 0.5) is 4.39 Å². The molecule has 1 heterocycles. The highest BCUT2D eigenvalue weighted by Crippen LogP contribution is 2.17. The summed E-state index contributed by atoms with van der Waals surface area (Å²) in [6.45, 7) is 0.0907. The number of nitrogens with one attached hydrogen (secondary N) is 2. The smallest absolute Gasteiger partial charge is 0.335 e. The quantitative estimate of drug-likeness (QED) is 0.337. The van der Waals surface area contributed by atoms with Crippen molar-refractivity contribution >= 4 is 17.8 Å². The molecule has 32 heavy (non-hydrogen) atoms. The van der Waals surface area contributed by atoms with Crippen molar-refractivity contribution < 1.29 is 34.1 Å². The summed E-state index contributed by atoms with van der Waals surface area (Å²) in [4.78, 5) is 43.1. The molecular formula is C21H17FN4O6. The van der Waals surface area contributed by atoms with Crippen molar-refractivity contribution in [3.05, 3.63) is 94.8 Å². The van der Waals surface area contributed by atoms with Gasteiger partial charge in [-0.25, -0.2) is 19.2 Å². The van der Waals surface area contributed by atoms with Crippen LogP contribution in [0.3, 0.4) is 0 Å². The molecule has 5 N–H and O–H groups in total. The van der Waals surface area contributed by atoms with Crippen LogP contribution in [0.5, 0.6) is 0 Å². The minimum Gasteiger partial charge on any atom is -0.478 e. The topological polar surface area (TPSA) is 162 Å². The van der Waals surface area contributed by atoms with Gasteiger partial charge in [0.15, 0.2) is 0 Å². The van der Waals surface area contributed by atoms with Gasteiger partial charge in [0, 0.05) is 18.2 Å². The Hall–Kier alpha value is -4.22. The summed E-state index contributed by atoms with van der Waals surface area (Å²) >= 11 is 0. The molecular weight excluding hydrogens is 423 g/mol. The highest BCUT2D eigenvalue weighted by molar-refractivity contribution is 5.97. The van der Waals surface area contributed by atoms with E-state index in [1.165, 1.54) is 24.3 Å². The fourth-order valence-electron chi connectivity index (χ4n) is 2.62. The Morgan fingerprint density at radius 2 is 1.50 bits per heavy atom. The molecule has 164 valence electrons. The monoisotopic (exact) mass is 440 g/mol. The van der Waals surface area contributed by atoms with Crippen molar-refractivity contribution in [3.63, 3.8) is 0 Å². The van der Waals surface area contributed by atoms with Crippen LogP contribution in [0, 0.1) is 5.82 Å². The van der Waals surface area contributed by atoms with Gasteiger partial charge in [-0.15, -0.1) is 0 Å². The normalized spacial score (nSPS) is 11.0. The van der Waals surface area contributed by atoms with Gasteiger partial charge in [0.05, 0.1) is 5.56 Å². The Kier molecular flexibility index (Phi) is 6.52. The fraction of sp³-hybridized carbons (Fsp3) is 0.0952. The minimum atomic E-state index is -2.83. The standard InChI is InChI=1S/C21H17FN4O6/c22-15-7-1-12(2-8-15)10-23-18(27)16-9-17(25-11-24-16)19(28)26-21(31,32)14-5-3-13(4-6-14)20(29)30/h1-9,11,31-32H,10H2,(H,23,27)(H,26,28)(H,29,30). The summed E-state index contributed by atoms with van der Waals surface area (Å²) in [5.41, 5.74) is -0.0997. The van der Waals surface area contributed by atoms with E-state index >= 15 is 0 Å². The predicted octanol–water partition coefficient (Wildman–Crippen LogP) is 0.769. The van der Waals surface area contributed by atoms with Crippen molar-refractivity contribution in [2.75, 3.05) is 0 Å². The molecule has 3 rings (SSSR count). The van der Waals surface area contributed by atoms with Gasteiger partial charge in [-0.2, -0.15) is 0 Å². The molecule has 0 bridgehead atoms. The van der Waals surface area contributed by atoms with Crippen molar-refractivity contribution in [1.82, 2.24) is 20.6 Å². The third kappa shape index (κ3) is 5.47. The van der Waals surface area contributed by atoms with Crippen LogP contribution in [0.1, 0.15) is 42.5 Å². The third-order valence-electron chi connectivity index (χ3n) is 4.32. The zero-order valence-electron chi connectivity index (χ0n) is 16.3. The highest BCUT2D eigenvalue weighted by Gasteiger charge is 2.29. The van der Waals surface area contributed by atoms with Crippen molar-refractivity contribution in [2.45, 2.75) is 12.5 Å². The lowest BCUT2D eigenvalue weighted by Gasteiger charge is -2.23. The molecule has 0 fully saturated rings. The molecule has 0 radical (unpaired) electrons. The Balaban J connectivity index is 1.67. The molecule has 1 aromatic heterocycles. The zero-order valence-corrected chi connectivity index (χ0v) is 16.3. The van der Waals surface area contributed by atoms with E-state index < -0.39 is 29.5 Å². The summed E-state index contributed by atoms with van der Waals surface area (Å²) < 4.78 is 12.9. The second kappa shape index (κ2) is 9.29. The number of aliphatic hydroxyl groups is 2. The predicted molar refractivity (Wildman–Crippen MR) is 107 cm³/mol. The Morgan fingerprint density at radius 1 is 0.906 bits per heavy atom. The van der Waals surface area contributed by atoms with Gasteiger partial charge < -0.3 is 20.6 Å². The Bertz CT molecular complexity index is 1150. The first-order chi connectivity index (χ1) is 15.2. The molecule has 0 aliphatic rings. The molecule has 11 heteroatoms. The van der Waals surface area contributed by atoms with Crippen LogP contribution in [-0.4, -0.2) is 43.1 Å². The first-order valence-electron chi connectivity index (χ1n) is 9.11. The van der Waals surface area contributed by atoms with E-state index in [-0.39, 0.29) is 29.1 Å². The second-order valence-corrected chi connectivity index (χ2v) is 6.61. The van der Waals surface area contributed by atoms with E-state index in [0.717, 1.165) is 36.7 Å². The number of carboxylic acid groups (broad SMARTS) is 1. The van der Waals surface area contributed by atoms with Gasteiger partial charge in [0.25, 0.3) is 17.7 Å². The van der Waals surface area contributed by atoms with E-state index in [9.17, 15) is 29.0 Å². The number of hydrogen-bond donors (Lipinski definition) is 5. The number of aromatic carboxylic acids is 1. The number of benzene rings is 2. The molecule has 0 spiro atoms. The van der Waals surface area contributed by atoms with E-state index in [0.29, 0.717) is 5.56 Å². The maximum Gasteiger partial charge on any atom is 0.335 e. The van der Waals surface area contributed by atoms with E-state index in [4.69, 9.17) is 5.11 Å². The average molecular weight is 440 g/mol. The van der Waals surface area contributed by atoms with E-state index in [2.05, 4.69) is 15.3 Å². The maximum atomic E-state index is 12.9. The van der Waals surface area contributed by atoms with Gasteiger partial charge in [-0.3, -0.25) is 14.9 Å². The fourth-order valence-corrected chi connectivity index (χ4v) is 2.62. The van der Waals surface area contributed by atoms with Gasteiger partial charge in [0.1, 0.15) is 23.5 Å². The van der Waals surface area contributed by atoms with Crippen molar-refractivity contribution in [1.29, 1.82) is 0 Å². The zero-order chi connectivity index (χ0) is 23.3. The number of carbonyl (C=O) groups excluding carboxylic acids is 2. The minimum absolute atomic E-state index is 0.0806.